The van der Waals surface area contributed by atoms with Crippen LogP contribution in [-0.2, 0) is 19.1 Å². The first kappa shape index (κ1) is 19.6. The number of carbonyl (C=O) groups is 3. The average Bonchev–Trinajstić information content (AvgIpc) is 2.65. The van der Waals surface area contributed by atoms with Gasteiger partial charge in [0.25, 0.3) is 0 Å². The van der Waals surface area contributed by atoms with Gasteiger partial charge in [0.05, 0.1) is 5.57 Å². The molecule has 1 aliphatic heterocycles. The van der Waals surface area contributed by atoms with E-state index < -0.39 is 17.9 Å². The molecule has 1 aromatic rings. The van der Waals surface area contributed by atoms with Crippen LogP contribution in [0.5, 0.6) is 5.75 Å². The molecule has 6 heteroatoms. The van der Waals surface area contributed by atoms with Crippen molar-refractivity contribution >= 4 is 17.7 Å². The zero-order chi connectivity index (χ0) is 20.3. The van der Waals surface area contributed by atoms with Crippen LogP contribution >= 0.6 is 0 Å². The maximum absolute atomic E-state index is 12.8. The van der Waals surface area contributed by atoms with Crippen LogP contribution in [0.3, 0.4) is 0 Å². The van der Waals surface area contributed by atoms with Crippen molar-refractivity contribution in [1.82, 2.24) is 5.32 Å². The minimum atomic E-state index is -0.521. The molecule has 0 amide bonds. The second kappa shape index (κ2) is 8.25. The molecule has 0 fully saturated rings. The summed E-state index contributed by atoms with van der Waals surface area (Å²) in [7, 11) is 0. The number of ketones is 1. The SMILES string of the molecule is C=CCOC(=O)C1=C(C)NC2=C(C(=O)CCC2)[C@H]1c1ccc(OC(C)=O)cc1. The number of rotatable bonds is 5. The normalized spacial score (nSPS) is 18.9. The van der Waals surface area contributed by atoms with E-state index in [-0.39, 0.29) is 12.4 Å². The maximum Gasteiger partial charge on any atom is 0.337 e. The topological polar surface area (TPSA) is 81.7 Å². The minimum absolute atomic E-state index is 0.0318. The van der Waals surface area contributed by atoms with Gasteiger partial charge in [-0.2, -0.15) is 0 Å². The molecule has 0 unspecified atom stereocenters. The van der Waals surface area contributed by atoms with E-state index in [0.29, 0.717) is 29.0 Å². The summed E-state index contributed by atoms with van der Waals surface area (Å²) >= 11 is 0. The summed E-state index contributed by atoms with van der Waals surface area (Å²) in [5.41, 5.74) is 3.34. The lowest BCUT2D eigenvalue weighted by molar-refractivity contribution is -0.138. The van der Waals surface area contributed by atoms with E-state index in [1.807, 2.05) is 6.92 Å². The Morgan fingerprint density at radius 2 is 1.96 bits per heavy atom. The lowest BCUT2D eigenvalue weighted by Crippen LogP contribution is -2.34. The Morgan fingerprint density at radius 3 is 2.61 bits per heavy atom. The summed E-state index contributed by atoms with van der Waals surface area (Å²) in [5.74, 6) is -0.974. The smallest absolute Gasteiger partial charge is 0.337 e. The van der Waals surface area contributed by atoms with Gasteiger partial charge in [0, 0.05) is 36.2 Å². The third-order valence-electron chi connectivity index (χ3n) is 4.80. The van der Waals surface area contributed by atoms with E-state index in [2.05, 4.69) is 11.9 Å². The number of hydrogen-bond acceptors (Lipinski definition) is 6. The number of esters is 2. The van der Waals surface area contributed by atoms with Gasteiger partial charge in [0.1, 0.15) is 12.4 Å². The van der Waals surface area contributed by atoms with E-state index in [1.54, 1.807) is 24.3 Å². The molecule has 0 radical (unpaired) electrons. The molecule has 0 saturated heterocycles. The van der Waals surface area contributed by atoms with Gasteiger partial charge < -0.3 is 14.8 Å². The summed E-state index contributed by atoms with van der Waals surface area (Å²) in [4.78, 5) is 36.7. The van der Waals surface area contributed by atoms with Gasteiger partial charge in [0.2, 0.25) is 0 Å². The minimum Gasteiger partial charge on any atom is -0.458 e. The quantitative estimate of drug-likeness (QED) is 0.479. The molecule has 1 aromatic carbocycles. The zero-order valence-corrected chi connectivity index (χ0v) is 16.0. The van der Waals surface area contributed by atoms with Gasteiger partial charge in [-0.25, -0.2) is 4.79 Å². The molecule has 3 rings (SSSR count). The molecular formula is C22H23NO5. The molecule has 2 aliphatic rings. The van der Waals surface area contributed by atoms with Gasteiger partial charge in [-0.05, 0) is 37.5 Å². The Bertz CT molecular complexity index is 892. The predicted molar refractivity (Wildman–Crippen MR) is 103 cm³/mol. The standard InChI is InChI=1S/C22H23NO5/c1-4-12-27-22(26)19-13(2)23-17-6-5-7-18(25)21(17)20(19)15-8-10-16(11-9-15)28-14(3)24/h4,8-11,20,23H,1,5-7,12H2,2-3H3/t20-/m0/s1. The van der Waals surface area contributed by atoms with Crippen molar-refractivity contribution in [1.29, 1.82) is 0 Å². The van der Waals surface area contributed by atoms with Gasteiger partial charge in [-0.3, -0.25) is 9.59 Å². The molecule has 1 N–H and O–H groups in total. The summed E-state index contributed by atoms with van der Waals surface area (Å²) in [5, 5.41) is 3.24. The van der Waals surface area contributed by atoms with Crippen LogP contribution in [0.1, 0.15) is 44.6 Å². The molecule has 28 heavy (non-hydrogen) atoms. The highest BCUT2D eigenvalue weighted by Gasteiger charge is 2.39. The number of ether oxygens (including phenoxy) is 2. The zero-order valence-electron chi connectivity index (χ0n) is 16.0. The molecule has 146 valence electrons. The second-order valence-electron chi connectivity index (χ2n) is 6.82. The van der Waals surface area contributed by atoms with Gasteiger partial charge in [0.15, 0.2) is 5.78 Å². The monoisotopic (exact) mass is 381 g/mol. The second-order valence-corrected chi connectivity index (χ2v) is 6.82. The molecular weight excluding hydrogens is 358 g/mol. The number of nitrogens with one attached hydrogen (secondary N) is 1. The number of benzene rings is 1. The highest BCUT2D eigenvalue weighted by molar-refractivity contribution is 6.03. The first-order chi connectivity index (χ1) is 13.4. The number of hydrogen-bond donors (Lipinski definition) is 1. The Hall–Kier alpha value is -3.15. The summed E-state index contributed by atoms with van der Waals surface area (Å²) in [6.07, 6.45) is 3.50. The maximum atomic E-state index is 12.8. The Balaban J connectivity index is 2.06. The highest BCUT2D eigenvalue weighted by atomic mass is 16.5. The van der Waals surface area contributed by atoms with Crippen molar-refractivity contribution in [3.8, 4) is 5.75 Å². The number of dihydropyridines is 1. The molecule has 1 aliphatic carbocycles. The van der Waals surface area contributed by atoms with Crippen molar-refractivity contribution in [2.24, 2.45) is 0 Å². The third-order valence-corrected chi connectivity index (χ3v) is 4.80. The van der Waals surface area contributed by atoms with E-state index >= 15 is 0 Å². The van der Waals surface area contributed by atoms with E-state index in [9.17, 15) is 14.4 Å². The third kappa shape index (κ3) is 3.91. The Labute approximate surface area is 163 Å². The van der Waals surface area contributed by atoms with Crippen molar-refractivity contribution in [3.05, 3.63) is 65.0 Å². The van der Waals surface area contributed by atoms with E-state index in [0.717, 1.165) is 24.1 Å². The Kier molecular flexibility index (Phi) is 5.78. The number of Topliss-reactive ketones (excluding diaryl/α,β-unsaturated/α-hetero) is 1. The van der Waals surface area contributed by atoms with Crippen LogP contribution < -0.4 is 10.1 Å². The van der Waals surface area contributed by atoms with Gasteiger partial charge >= 0.3 is 11.9 Å². The van der Waals surface area contributed by atoms with E-state index in [1.165, 1.54) is 13.0 Å². The largest absolute Gasteiger partial charge is 0.458 e. The van der Waals surface area contributed by atoms with Crippen LogP contribution in [0.25, 0.3) is 0 Å². The van der Waals surface area contributed by atoms with Crippen LogP contribution in [0.2, 0.25) is 0 Å². The molecule has 0 bridgehead atoms. The van der Waals surface area contributed by atoms with Crippen LogP contribution in [0.15, 0.2) is 59.5 Å². The average molecular weight is 381 g/mol. The predicted octanol–water partition coefficient (Wildman–Crippen LogP) is 3.31. The van der Waals surface area contributed by atoms with Crippen molar-refractivity contribution in [2.75, 3.05) is 6.61 Å². The van der Waals surface area contributed by atoms with Crippen LogP contribution in [-0.4, -0.2) is 24.3 Å². The van der Waals surface area contributed by atoms with Crippen LogP contribution in [0, 0.1) is 0 Å². The van der Waals surface area contributed by atoms with Gasteiger partial charge in [-0.1, -0.05) is 24.8 Å². The van der Waals surface area contributed by atoms with Crippen molar-refractivity contribution in [2.45, 2.75) is 39.0 Å². The van der Waals surface area contributed by atoms with Crippen molar-refractivity contribution in [3.63, 3.8) is 0 Å². The molecule has 6 nitrogen and oxygen atoms in total. The van der Waals surface area contributed by atoms with Crippen molar-refractivity contribution < 1.29 is 23.9 Å². The molecule has 0 spiro atoms. The molecule has 0 saturated carbocycles. The molecule has 0 aromatic heterocycles. The van der Waals surface area contributed by atoms with Gasteiger partial charge in [-0.15, -0.1) is 0 Å². The fourth-order valence-corrected chi connectivity index (χ4v) is 3.69. The lowest BCUT2D eigenvalue weighted by Gasteiger charge is -2.34. The number of allylic oxidation sites excluding steroid dienone is 3. The highest BCUT2D eigenvalue weighted by Crippen LogP contribution is 2.42. The lowest BCUT2D eigenvalue weighted by atomic mass is 9.75. The summed E-state index contributed by atoms with van der Waals surface area (Å²) in [6.45, 7) is 6.81. The summed E-state index contributed by atoms with van der Waals surface area (Å²) < 4.78 is 10.4. The van der Waals surface area contributed by atoms with E-state index in [4.69, 9.17) is 9.47 Å². The summed E-state index contributed by atoms with van der Waals surface area (Å²) in [6, 6.07) is 6.87. The molecule has 1 atom stereocenters. The molecule has 1 heterocycles. The fourth-order valence-electron chi connectivity index (χ4n) is 3.69. The fraction of sp³-hybridized carbons (Fsp3) is 0.318. The van der Waals surface area contributed by atoms with Crippen LogP contribution in [0.4, 0.5) is 0 Å². The first-order valence-corrected chi connectivity index (χ1v) is 9.22. The number of carbonyl (C=O) groups excluding carboxylic acids is 3. The first-order valence-electron chi connectivity index (χ1n) is 9.22. The Morgan fingerprint density at radius 1 is 1.25 bits per heavy atom.